The van der Waals surface area contributed by atoms with E-state index in [1.165, 1.54) is 30.7 Å². The van der Waals surface area contributed by atoms with Gasteiger partial charge in [-0.1, -0.05) is 17.9 Å². The van der Waals surface area contributed by atoms with Crippen LogP contribution in [0.4, 0.5) is 15.9 Å². The molecule has 4 heterocycles. The predicted octanol–water partition coefficient (Wildman–Crippen LogP) is 4.36. The Hall–Kier alpha value is -3.53. The molecule has 1 aromatic carbocycles. The molecule has 6 nitrogen and oxygen atoms in total. The number of anilines is 2. The first-order chi connectivity index (χ1) is 15.0. The normalized spacial score (nSPS) is 16.8. The number of pyridine rings is 1. The number of halogens is 1. The smallest absolute Gasteiger partial charge is 0.258 e. The number of nitrogens with zero attached hydrogens (tertiary/aromatic N) is 6. The van der Waals surface area contributed by atoms with Crippen LogP contribution in [0.5, 0.6) is 0 Å². The Morgan fingerprint density at radius 3 is 2.90 bits per heavy atom. The van der Waals surface area contributed by atoms with E-state index in [2.05, 4.69) is 51.0 Å². The second-order valence-corrected chi connectivity index (χ2v) is 8.71. The third-order valence-electron chi connectivity index (χ3n) is 6.30. The van der Waals surface area contributed by atoms with Crippen molar-refractivity contribution < 1.29 is 4.39 Å². The van der Waals surface area contributed by atoms with Crippen LogP contribution in [0.3, 0.4) is 0 Å². The lowest BCUT2D eigenvalue weighted by molar-refractivity contribution is 0.623. The highest BCUT2D eigenvalue weighted by Gasteiger charge is 2.35. The zero-order valence-corrected chi connectivity index (χ0v) is 17.5. The SMILES string of the molecule is Cc1nnc2nc(N3CCCc4c(C#CC5(C)CC5)cccc43)c3cc(F)cnc3n12. The fourth-order valence-electron chi connectivity index (χ4n) is 4.30. The first kappa shape index (κ1) is 18.3. The summed E-state index contributed by atoms with van der Waals surface area (Å²) in [7, 11) is 0. The third-order valence-corrected chi connectivity index (χ3v) is 6.30. The van der Waals surface area contributed by atoms with Crippen molar-refractivity contribution >= 4 is 28.3 Å². The van der Waals surface area contributed by atoms with Crippen molar-refractivity contribution in [1.29, 1.82) is 0 Å². The lowest BCUT2D eigenvalue weighted by Gasteiger charge is -2.31. The van der Waals surface area contributed by atoms with Crippen LogP contribution in [0.2, 0.25) is 0 Å². The van der Waals surface area contributed by atoms with Crippen LogP contribution in [0, 0.1) is 30.0 Å². The van der Waals surface area contributed by atoms with Gasteiger partial charge in [0.05, 0.1) is 11.6 Å². The lowest BCUT2D eigenvalue weighted by Crippen LogP contribution is -2.26. The Morgan fingerprint density at radius 2 is 2.06 bits per heavy atom. The molecule has 0 atom stereocenters. The van der Waals surface area contributed by atoms with Crippen LogP contribution in [-0.4, -0.2) is 31.1 Å². The highest BCUT2D eigenvalue weighted by molar-refractivity contribution is 5.92. The Morgan fingerprint density at radius 1 is 1.19 bits per heavy atom. The quantitative estimate of drug-likeness (QED) is 0.435. The summed E-state index contributed by atoms with van der Waals surface area (Å²) < 4.78 is 16.0. The van der Waals surface area contributed by atoms with Gasteiger partial charge in [-0.3, -0.25) is 0 Å². The van der Waals surface area contributed by atoms with Crippen molar-refractivity contribution in [3.63, 3.8) is 0 Å². The maximum atomic E-state index is 14.2. The van der Waals surface area contributed by atoms with Gasteiger partial charge in [0, 0.05) is 23.2 Å². The van der Waals surface area contributed by atoms with Gasteiger partial charge in [-0.05, 0) is 63.3 Å². The topological polar surface area (TPSA) is 59.2 Å². The van der Waals surface area contributed by atoms with Crippen LogP contribution in [0.1, 0.15) is 43.1 Å². The van der Waals surface area contributed by atoms with Crippen molar-refractivity contribution in [3.8, 4) is 11.8 Å². The molecule has 1 saturated carbocycles. The summed E-state index contributed by atoms with van der Waals surface area (Å²) >= 11 is 0. The van der Waals surface area contributed by atoms with Gasteiger partial charge in [0.25, 0.3) is 5.78 Å². The molecule has 1 aliphatic heterocycles. The maximum absolute atomic E-state index is 14.2. The Bertz CT molecular complexity index is 1420. The van der Waals surface area contributed by atoms with Gasteiger partial charge in [-0.25, -0.2) is 13.8 Å². The number of aryl methyl sites for hydroxylation is 1. The number of hydrogen-bond acceptors (Lipinski definition) is 5. The summed E-state index contributed by atoms with van der Waals surface area (Å²) in [6.07, 6.45) is 5.50. The predicted molar refractivity (Wildman–Crippen MR) is 117 cm³/mol. The third kappa shape index (κ3) is 2.94. The van der Waals surface area contributed by atoms with Crippen LogP contribution in [-0.2, 0) is 6.42 Å². The molecule has 0 N–H and O–H groups in total. The molecule has 0 saturated heterocycles. The minimum atomic E-state index is -0.393. The fraction of sp³-hybridized carbons (Fsp3) is 0.333. The molecule has 6 rings (SSSR count). The summed E-state index contributed by atoms with van der Waals surface area (Å²) in [6.45, 7) is 4.84. The van der Waals surface area contributed by atoms with Gasteiger partial charge in [-0.15, -0.1) is 10.2 Å². The van der Waals surface area contributed by atoms with Gasteiger partial charge in [0.1, 0.15) is 17.5 Å². The van der Waals surface area contributed by atoms with E-state index in [0.29, 0.717) is 28.5 Å². The molecule has 2 aliphatic rings. The first-order valence-electron chi connectivity index (χ1n) is 10.6. The van der Waals surface area contributed by atoms with Crippen molar-refractivity contribution in [3.05, 3.63) is 53.2 Å². The molecule has 7 heteroatoms. The van der Waals surface area contributed by atoms with E-state index in [9.17, 15) is 4.39 Å². The molecule has 0 unspecified atom stereocenters. The Kier molecular flexibility index (Phi) is 3.82. The van der Waals surface area contributed by atoms with E-state index in [0.717, 1.165) is 30.6 Å². The molecule has 154 valence electrons. The van der Waals surface area contributed by atoms with E-state index < -0.39 is 5.82 Å². The summed E-state index contributed by atoms with van der Waals surface area (Å²) in [5, 5.41) is 8.99. The van der Waals surface area contributed by atoms with Crippen LogP contribution in [0.25, 0.3) is 16.8 Å². The van der Waals surface area contributed by atoms with Crippen molar-refractivity contribution in [1.82, 2.24) is 24.6 Å². The van der Waals surface area contributed by atoms with E-state index in [-0.39, 0.29) is 5.41 Å². The van der Waals surface area contributed by atoms with Crippen LogP contribution in [0.15, 0.2) is 30.5 Å². The fourth-order valence-corrected chi connectivity index (χ4v) is 4.30. The molecule has 0 spiro atoms. The Balaban J connectivity index is 1.56. The molecular weight excluding hydrogens is 391 g/mol. The summed E-state index contributed by atoms with van der Waals surface area (Å²) in [6, 6.07) is 7.73. The minimum absolute atomic E-state index is 0.175. The zero-order valence-electron chi connectivity index (χ0n) is 17.5. The number of benzene rings is 1. The van der Waals surface area contributed by atoms with Crippen molar-refractivity contribution in [2.24, 2.45) is 5.41 Å². The number of fused-ring (bicyclic) bond motifs is 4. The summed E-state index contributed by atoms with van der Waals surface area (Å²) in [5.74, 6) is 8.28. The average molecular weight is 412 g/mol. The van der Waals surface area contributed by atoms with E-state index >= 15 is 0 Å². The second-order valence-electron chi connectivity index (χ2n) is 8.71. The monoisotopic (exact) mass is 412 g/mol. The molecule has 1 aliphatic carbocycles. The second kappa shape index (κ2) is 6.48. The molecule has 0 amide bonds. The largest absolute Gasteiger partial charge is 0.325 e. The van der Waals surface area contributed by atoms with Gasteiger partial charge in [0.15, 0.2) is 5.65 Å². The summed E-state index contributed by atoms with van der Waals surface area (Å²) in [5.41, 5.74) is 4.14. The maximum Gasteiger partial charge on any atom is 0.258 e. The van der Waals surface area contributed by atoms with Gasteiger partial charge in [0.2, 0.25) is 0 Å². The molecule has 0 bridgehead atoms. The summed E-state index contributed by atoms with van der Waals surface area (Å²) in [4.78, 5) is 11.3. The highest BCUT2D eigenvalue weighted by Crippen LogP contribution is 2.44. The molecular formula is C24H21FN6. The highest BCUT2D eigenvalue weighted by atomic mass is 19.1. The van der Waals surface area contributed by atoms with Crippen molar-refractivity contribution in [2.45, 2.75) is 39.5 Å². The number of hydrogen-bond donors (Lipinski definition) is 0. The van der Waals surface area contributed by atoms with E-state index in [1.807, 2.05) is 13.0 Å². The van der Waals surface area contributed by atoms with Gasteiger partial charge < -0.3 is 4.90 Å². The standard InChI is InChI=1S/C24H21FN6/c1-15-28-29-23-27-22(19-13-17(25)14-26-21(19)31(15)23)30-12-4-6-18-16(5-3-7-20(18)30)8-9-24(2)10-11-24/h3,5,7,13-14H,4,6,10-12H2,1-2H3. The number of rotatable bonds is 1. The van der Waals surface area contributed by atoms with E-state index in [1.54, 1.807) is 4.40 Å². The zero-order chi connectivity index (χ0) is 21.2. The molecule has 1 fully saturated rings. The molecule has 4 aromatic rings. The van der Waals surface area contributed by atoms with E-state index in [4.69, 9.17) is 4.98 Å². The Labute approximate surface area is 179 Å². The minimum Gasteiger partial charge on any atom is -0.325 e. The number of aromatic nitrogens is 5. The van der Waals surface area contributed by atoms with Gasteiger partial charge >= 0.3 is 0 Å². The van der Waals surface area contributed by atoms with Crippen LogP contribution >= 0.6 is 0 Å². The lowest BCUT2D eigenvalue weighted by atomic mass is 9.95. The van der Waals surface area contributed by atoms with Crippen LogP contribution < -0.4 is 4.90 Å². The van der Waals surface area contributed by atoms with Crippen molar-refractivity contribution in [2.75, 3.05) is 11.4 Å². The molecule has 0 radical (unpaired) electrons. The molecule has 3 aromatic heterocycles. The first-order valence-corrected chi connectivity index (χ1v) is 10.6. The molecule has 31 heavy (non-hydrogen) atoms. The van der Waals surface area contributed by atoms with Gasteiger partial charge in [-0.2, -0.15) is 4.98 Å². The average Bonchev–Trinajstić information content (AvgIpc) is 3.40.